The van der Waals surface area contributed by atoms with Gasteiger partial charge in [0.2, 0.25) is 11.8 Å². The number of imide groups is 2. The number of hydrogen-bond donors (Lipinski definition) is 1. The normalized spacial score (nSPS) is 28.5. The summed E-state index contributed by atoms with van der Waals surface area (Å²) in [5, 5.41) is 2.62. The standard InChI is InChI=1S/C13H20N2O3S/c1-2-5-10-11(16)14-13(18)15(12(10)17)8-9-6-3-4-7-19-9/h9-10H,2-8H2,1H3,(H,14,16,18). The van der Waals surface area contributed by atoms with Crippen molar-refractivity contribution in [1.29, 1.82) is 0 Å². The average Bonchev–Trinajstić information content (AvgIpc) is 2.41. The van der Waals surface area contributed by atoms with Crippen molar-refractivity contribution >= 4 is 29.6 Å². The van der Waals surface area contributed by atoms with Gasteiger partial charge in [0, 0.05) is 11.8 Å². The van der Waals surface area contributed by atoms with E-state index < -0.39 is 17.9 Å². The Bertz CT molecular complexity index is 380. The SMILES string of the molecule is CCCC1C(=O)NC(=O)N(CC2CCCCS2)C1=O. The van der Waals surface area contributed by atoms with E-state index in [9.17, 15) is 14.4 Å². The molecular weight excluding hydrogens is 264 g/mol. The van der Waals surface area contributed by atoms with Gasteiger partial charge in [0.05, 0.1) is 0 Å². The molecule has 2 aliphatic rings. The minimum absolute atomic E-state index is 0.318. The Morgan fingerprint density at radius 2 is 2.11 bits per heavy atom. The van der Waals surface area contributed by atoms with Gasteiger partial charge in [-0.05, 0) is 25.0 Å². The zero-order chi connectivity index (χ0) is 13.8. The lowest BCUT2D eigenvalue weighted by molar-refractivity contribution is -0.142. The molecule has 2 saturated heterocycles. The molecule has 2 atom stereocenters. The molecule has 2 unspecified atom stereocenters. The predicted octanol–water partition coefficient (Wildman–Crippen LogP) is 1.77. The molecule has 6 heteroatoms. The van der Waals surface area contributed by atoms with E-state index in [1.807, 2.05) is 18.7 Å². The van der Waals surface area contributed by atoms with Gasteiger partial charge in [-0.25, -0.2) is 4.79 Å². The van der Waals surface area contributed by atoms with E-state index in [1.54, 1.807) is 0 Å². The number of urea groups is 1. The molecule has 0 saturated carbocycles. The lowest BCUT2D eigenvalue weighted by atomic mass is 9.99. The summed E-state index contributed by atoms with van der Waals surface area (Å²) in [6.45, 7) is 2.36. The van der Waals surface area contributed by atoms with Crippen LogP contribution < -0.4 is 5.32 Å². The topological polar surface area (TPSA) is 66.5 Å². The molecule has 2 aliphatic heterocycles. The molecule has 0 aromatic carbocycles. The maximum atomic E-state index is 12.2. The fraction of sp³-hybridized carbons (Fsp3) is 0.769. The first-order valence-electron chi connectivity index (χ1n) is 6.91. The van der Waals surface area contributed by atoms with Crippen LogP contribution in [-0.4, -0.2) is 40.3 Å². The largest absolute Gasteiger partial charge is 0.330 e. The third-order valence-corrected chi connectivity index (χ3v) is 4.97. The van der Waals surface area contributed by atoms with E-state index in [1.165, 1.54) is 11.3 Å². The highest BCUT2D eigenvalue weighted by molar-refractivity contribution is 7.99. The molecule has 0 aromatic rings. The van der Waals surface area contributed by atoms with Crippen LogP contribution in [0, 0.1) is 5.92 Å². The van der Waals surface area contributed by atoms with Crippen LogP contribution in [0.3, 0.4) is 0 Å². The van der Waals surface area contributed by atoms with Crippen molar-refractivity contribution in [2.45, 2.75) is 44.3 Å². The number of barbiturate groups is 1. The predicted molar refractivity (Wildman–Crippen MR) is 73.7 cm³/mol. The fourth-order valence-corrected chi connectivity index (χ4v) is 3.82. The molecule has 19 heavy (non-hydrogen) atoms. The van der Waals surface area contributed by atoms with E-state index in [0.29, 0.717) is 18.2 Å². The first-order chi connectivity index (χ1) is 9.13. The molecule has 2 fully saturated rings. The molecule has 0 aromatic heterocycles. The van der Waals surface area contributed by atoms with Crippen LogP contribution in [0.1, 0.15) is 39.0 Å². The summed E-state index contributed by atoms with van der Waals surface area (Å²) in [4.78, 5) is 36.9. The monoisotopic (exact) mass is 284 g/mol. The summed E-state index contributed by atoms with van der Waals surface area (Å²) in [6, 6.07) is -0.548. The Kier molecular flexibility index (Phi) is 4.85. The number of hydrogen-bond acceptors (Lipinski definition) is 4. The van der Waals surface area contributed by atoms with Crippen molar-refractivity contribution in [3.63, 3.8) is 0 Å². The maximum Gasteiger partial charge on any atom is 0.330 e. The van der Waals surface area contributed by atoms with Gasteiger partial charge >= 0.3 is 6.03 Å². The molecule has 0 aliphatic carbocycles. The number of carbonyl (C=O) groups excluding carboxylic acids is 3. The smallest absolute Gasteiger partial charge is 0.277 e. The Morgan fingerprint density at radius 1 is 1.32 bits per heavy atom. The summed E-state index contributed by atoms with van der Waals surface area (Å²) in [5.74, 6) is -0.353. The Hall–Kier alpha value is -1.04. The Balaban J connectivity index is 2.02. The van der Waals surface area contributed by atoms with E-state index in [-0.39, 0.29) is 5.91 Å². The minimum Gasteiger partial charge on any atom is -0.277 e. The van der Waals surface area contributed by atoms with Crippen LogP contribution in [0.2, 0.25) is 0 Å². The van der Waals surface area contributed by atoms with Crippen LogP contribution in [0.4, 0.5) is 4.79 Å². The summed E-state index contributed by atoms with van der Waals surface area (Å²) < 4.78 is 0. The number of nitrogens with one attached hydrogen (secondary N) is 1. The van der Waals surface area contributed by atoms with Crippen molar-refractivity contribution in [3.05, 3.63) is 0 Å². The van der Waals surface area contributed by atoms with Gasteiger partial charge in [0.25, 0.3) is 0 Å². The van der Waals surface area contributed by atoms with Crippen molar-refractivity contribution in [2.24, 2.45) is 5.92 Å². The third kappa shape index (κ3) is 3.29. The Morgan fingerprint density at radius 3 is 2.74 bits per heavy atom. The second kappa shape index (κ2) is 6.41. The van der Waals surface area contributed by atoms with Crippen LogP contribution in [0.5, 0.6) is 0 Å². The van der Waals surface area contributed by atoms with E-state index in [4.69, 9.17) is 0 Å². The van der Waals surface area contributed by atoms with Gasteiger partial charge in [0.15, 0.2) is 0 Å². The first kappa shape index (κ1) is 14.4. The van der Waals surface area contributed by atoms with Crippen LogP contribution >= 0.6 is 11.8 Å². The number of rotatable bonds is 4. The van der Waals surface area contributed by atoms with Gasteiger partial charge < -0.3 is 0 Å². The molecule has 0 radical (unpaired) electrons. The number of amides is 4. The second-order valence-electron chi connectivity index (χ2n) is 5.07. The number of carbonyl (C=O) groups is 3. The van der Waals surface area contributed by atoms with Crippen LogP contribution in [-0.2, 0) is 9.59 Å². The molecule has 0 bridgehead atoms. The van der Waals surface area contributed by atoms with E-state index in [2.05, 4.69) is 5.32 Å². The summed E-state index contributed by atoms with van der Waals surface area (Å²) >= 11 is 1.82. The summed E-state index contributed by atoms with van der Waals surface area (Å²) in [5.41, 5.74) is 0. The average molecular weight is 284 g/mol. The van der Waals surface area contributed by atoms with Crippen molar-refractivity contribution in [2.75, 3.05) is 12.3 Å². The molecule has 2 rings (SSSR count). The van der Waals surface area contributed by atoms with Gasteiger partial charge in [-0.15, -0.1) is 0 Å². The van der Waals surface area contributed by atoms with Crippen molar-refractivity contribution in [1.82, 2.24) is 10.2 Å². The van der Waals surface area contributed by atoms with E-state index in [0.717, 1.165) is 25.0 Å². The highest BCUT2D eigenvalue weighted by Crippen LogP contribution is 2.27. The Labute approximate surface area is 117 Å². The minimum atomic E-state index is -0.684. The number of nitrogens with zero attached hydrogens (tertiary/aromatic N) is 1. The lowest BCUT2D eigenvalue weighted by Gasteiger charge is -2.33. The lowest BCUT2D eigenvalue weighted by Crippen LogP contribution is -2.59. The summed E-state index contributed by atoms with van der Waals surface area (Å²) in [6.07, 6.45) is 4.65. The molecule has 106 valence electrons. The maximum absolute atomic E-state index is 12.2. The quantitative estimate of drug-likeness (QED) is 0.799. The fourth-order valence-electron chi connectivity index (χ4n) is 2.53. The highest BCUT2D eigenvalue weighted by atomic mass is 32.2. The molecule has 1 N–H and O–H groups in total. The van der Waals surface area contributed by atoms with Gasteiger partial charge in [0.1, 0.15) is 5.92 Å². The zero-order valence-electron chi connectivity index (χ0n) is 11.2. The van der Waals surface area contributed by atoms with Gasteiger partial charge in [-0.2, -0.15) is 11.8 Å². The highest BCUT2D eigenvalue weighted by Gasteiger charge is 2.40. The van der Waals surface area contributed by atoms with Gasteiger partial charge in [-0.3, -0.25) is 19.8 Å². The zero-order valence-corrected chi connectivity index (χ0v) is 12.0. The van der Waals surface area contributed by atoms with Crippen LogP contribution in [0.25, 0.3) is 0 Å². The van der Waals surface area contributed by atoms with Crippen molar-refractivity contribution < 1.29 is 14.4 Å². The molecule has 2 heterocycles. The van der Waals surface area contributed by atoms with E-state index >= 15 is 0 Å². The molecular formula is C13H20N2O3S. The van der Waals surface area contributed by atoms with Crippen molar-refractivity contribution in [3.8, 4) is 0 Å². The second-order valence-corrected chi connectivity index (χ2v) is 6.48. The molecule has 5 nitrogen and oxygen atoms in total. The van der Waals surface area contributed by atoms with Gasteiger partial charge in [-0.1, -0.05) is 19.8 Å². The summed E-state index contributed by atoms with van der Waals surface area (Å²) in [7, 11) is 0. The molecule has 4 amide bonds. The molecule has 0 spiro atoms. The first-order valence-corrected chi connectivity index (χ1v) is 7.96. The third-order valence-electron chi connectivity index (χ3n) is 3.59. The number of thioether (sulfide) groups is 1. The van der Waals surface area contributed by atoms with Crippen LogP contribution in [0.15, 0.2) is 0 Å².